The summed E-state index contributed by atoms with van der Waals surface area (Å²) in [5.41, 5.74) is 3.54. The highest BCUT2D eigenvalue weighted by Gasteiger charge is 1.80. The van der Waals surface area contributed by atoms with Crippen molar-refractivity contribution in [1.82, 2.24) is 0 Å². The summed E-state index contributed by atoms with van der Waals surface area (Å²) in [4.78, 5) is 0. The van der Waals surface area contributed by atoms with Crippen LogP contribution in [0.25, 0.3) is 0 Å². The second-order valence-corrected chi connectivity index (χ2v) is 3.40. The lowest BCUT2D eigenvalue weighted by Crippen LogP contribution is -1.73. The van der Waals surface area contributed by atoms with E-state index in [4.69, 9.17) is 0 Å². The maximum Gasteiger partial charge on any atom is -0.0307 e. The molecular weight excluding hydrogens is 168 g/mol. The Hall–Kier alpha value is -1.30. The lowest BCUT2D eigenvalue weighted by Gasteiger charge is -1.89. The normalized spacial score (nSPS) is 8.50. The highest BCUT2D eigenvalue weighted by molar-refractivity contribution is 5.19. The minimum atomic E-state index is 1.06. The van der Waals surface area contributed by atoms with Crippen LogP contribution in [0.2, 0.25) is 0 Å². The molecule has 14 heavy (non-hydrogen) atoms. The van der Waals surface area contributed by atoms with Gasteiger partial charge >= 0.3 is 0 Å². The Balaban J connectivity index is 0.000000255. The largest absolute Gasteiger partial charge is 0.0959 e. The fraction of sp³-hybridized carbons (Fsp3) is 0.286. The summed E-state index contributed by atoms with van der Waals surface area (Å²) in [6.45, 7) is 13.4. The molecule has 0 spiro atoms. The van der Waals surface area contributed by atoms with E-state index in [1.54, 1.807) is 0 Å². The molecule has 0 saturated heterocycles. The average molecular weight is 188 g/mol. The van der Waals surface area contributed by atoms with Crippen LogP contribution in [0.1, 0.15) is 26.3 Å². The van der Waals surface area contributed by atoms with E-state index >= 15 is 0 Å². The molecule has 0 radical (unpaired) electrons. The van der Waals surface area contributed by atoms with Gasteiger partial charge in [-0.05, 0) is 25.8 Å². The molecule has 0 nitrogen and oxygen atoms in total. The molecule has 0 fully saturated rings. The smallest absolute Gasteiger partial charge is 0.0307 e. The summed E-state index contributed by atoms with van der Waals surface area (Å²) in [5, 5.41) is 0. The molecule has 1 rings (SSSR count). The first-order valence-corrected chi connectivity index (χ1v) is 4.93. The van der Waals surface area contributed by atoms with E-state index in [0.717, 1.165) is 17.6 Å². The average Bonchev–Trinajstić information content (AvgIpc) is 2.20. The van der Waals surface area contributed by atoms with Crippen LogP contribution in [0.5, 0.6) is 0 Å². The van der Waals surface area contributed by atoms with Crippen LogP contribution in [0.3, 0.4) is 0 Å². The first kappa shape index (κ1) is 12.7. The van der Waals surface area contributed by atoms with Crippen molar-refractivity contribution in [3.63, 3.8) is 0 Å². The third-order valence-electron chi connectivity index (χ3n) is 1.98. The topological polar surface area (TPSA) is 0 Å². The standard InChI is InChI=1S/C8H10.C6H10/c1-2-8-6-4-3-5-7-8;1-5(2)6(3)4/h3-7H,2H2,1H3;1,3H2,2,4H3. The molecule has 0 aliphatic carbocycles. The molecule has 0 heteroatoms. The minimum Gasteiger partial charge on any atom is -0.0959 e. The highest BCUT2D eigenvalue weighted by atomic mass is 13.9. The number of aryl methyl sites for hydroxylation is 1. The van der Waals surface area contributed by atoms with Crippen LogP contribution in [-0.2, 0) is 6.42 Å². The predicted octanol–water partition coefficient (Wildman–Crippen LogP) is 4.39. The van der Waals surface area contributed by atoms with Crippen molar-refractivity contribution in [3.05, 3.63) is 60.2 Å². The molecule has 0 saturated carbocycles. The van der Waals surface area contributed by atoms with E-state index in [0.29, 0.717) is 0 Å². The molecule has 0 unspecified atom stereocenters. The third kappa shape index (κ3) is 6.24. The molecule has 0 amide bonds. The zero-order valence-corrected chi connectivity index (χ0v) is 9.51. The van der Waals surface area contributed by atoms with Gasteiger partial charge in [-0.2, -0.15) is 0 Å². The Kier molecular flexibility index (Phi) is 6.47. The van der Waals surface area contributed by atoms with E-state index in [2.05, 4.69) is 44.3 Å². The predicted molar refractivity (Wildman–Crippen MR) is 65.4 cm³/mol. The van der Waals surface area contributed by atoms with E-state index < -0.39 is 0 Å². The van der Waals surface area contributed by atoms with Gasteiger partial charge in [0.25, 0.3) is 0 Å². The lowest BCUT2D eigenvalue weighted by atomic mass is 10.2. The van der Waals surface area contributed by atoms with Crippen molar-refractivity contribution in [2.24, 2.45) is 0 Å². The van der Waals surface area contributed by atoms with E-state index in [9.17, 15) is 0 Å². The lowest BCUT2D eigenvalue weighted by molar-refractivity contribution is 1.14. The SMILES string of the molecule is C=C(C)C(=C)C.CCc1ccccc1. The molecule has 1 aromatic carbocycles. The second kappa shape index (κ2) is 7.14. The summed E-state index contributed by atoms with van der Waals surface area (Å²) in [6.07, 6.45) is 1.14. The van der Waals surface area contributed by atoms with E-state index in [1.165, 1.54) is 5.56 Å². The summed E-state index contributed by atoms with van der Waals surface area (Å²) in [7, 11) is 0. The van der Waals surface area contributed by atoms with Crippen LogP contribution in [-0.4, -0.2) is 0 Å². The molecule has 1 aromatic rings. The van der Waals surface area contributed by atoms with Crippen molar-refractivity contribution in [1.29, 1.82) is 0 Å². The number of rotatable bonds is 2. The molecule has 0 aliphatic rings. The van der Waals surface area contributed by atoms with Crippen molar-refractivity contribution >= 4 is 0 Å². The van der Waals surface area contributed by atoms with Gasteiger partial charge in [0.2, 0.25) is 0 Å². The first-order chi connectivity index (χ1) is 6.57. The Morgan fingerprint density at radius 1 is 1.00 bits per heavy atom. The Labute approximate surface area is 88.0 Å². The fourth-order valence-corrected chi connectivity index (χ4v) is 0.714. The number of hydrogen-bond acceptors (Lipinski definition) is 0. The van der Waals surface area contributed by atoms with Gasteiger partial charge in [-0.25, -0.2) is 0 Å². The van der Waals surface area contributed by atoms with E-state index in [-0.39, 0.29) is 0 Å². The third-order valence-corrected chi connectivity index (χ3v) is 1.98. The van der Waals surface area contributed by atoms with Crippen LogP contribution in [0.15, 0.2) is 54.6 Å². The van der Waals surface area contributed by atoms with Crippen molar-refractivity contribution in [2.75, 3.05) is 0 Å². The fourth-order valence-electron chi connectivity index (χ4n) is 0.714. The monoisotopic (exact) mass is 188 g/mol. The number of hydrogen-bond donors (Lipinski definition) is 0. The Bertz CT molecular complexity index is 268. The van der Waals surface area contributed by atoms with Crippen molar-refractivity contribution < 1.29 is 0 Å². The van der Waals surface area contributed by atoms with Crippen LogP contribution in [0.4, 0.5) is 0 Å². The van der Waals surface area contributed by atoms with Crippen molar-refractivity contribution in [2.45, 2.75) is 27.2 Å². The quantitative estimate of drug-likeness (QED) is 0.604. The molecule has 0 atom stereocenters. The maximum atomic E-state index is 3.66. The first-order valence-electron chi connectivity index (χ1n) is 4.93. The van der Waals surface area contributed by atoms with Crippen LogP contribution >= 0.6 is 0 Å². The van der Waals surface area contributed by atoms with Gasteiger partial charge in [-0.3, -0.25) is 0 Å². The van der Waals surface area contributed by atoms with E-state index in [1.807, 2.05) is 19.9 Å². The van der Waals surface area contributed by atoms with Crippen LogP contribution < -0.4 is 0 Å². The second-order valence-electron chi connectivity index (χ2n) is 3.40. The van der Waals surface area contributed by atoms with Gasteiger partial charge in [0, 0.05) is 0 Å². The molecule has 0 bridgehead atoms. The number of allylic oxidation sites excluding steroid dienone is 2. The molecule has 0 aromatic heterocycles. The summed E-state index contributed by atoms with van der Waals surface area (Å²) in [5.74, 6) is 0. The minimum absolute atomic E-state index is 1.06. The van der Waals surface area contributed by atoms with Gasteiger partial charge in [0.1, 0.15) is 0 Å². The molecular formula is C14H20. The van der Waals surface area contributed by atoms with Gasteiger partial charge < -0.3 is 0 Å². The zero-order valence-electron chi connectivity index (χ0n) is 9.51. The van der Waals surface area contributed by atoms with Gasteiger partial charge in [-0.1, -0.05) is 61.6 Å². The van der Waals surface area contributed by atoms with Crippen LogP contribution in [0, 0.1) is 0 Å². The summed E-state index contributed by atoms with van der Waals surface area (Å²) < 4.78 is 0. The number of benzene rings is 1. The Morgan fingerprint density at radius 2 is 1.43 bits per heavy atom. The van der Waals surface area contributed by atoms with Gasteiger partial charge in [0.05, 0.1) is 0 Å². The van der Waals surface area contributed by atoms with Gasteiger partial charge in [0.15, 0.2) is 0 Å². The molecule has 76 valence electrons. The molecule has 0 N–H and O–H groups in total. The van der Waals surface area contributed by atoms with Crippen molar-refractivity contribution in [3.8, 4) is 0 Å². The Morgan fingerprint density at radius 3 is 1.64 bits per heavy atom. The highest BCUT2D eigenvalue weighted by Crippen LogP contribution is 1.98. The summed E-state index contributed by atoms with van der Waals surface area (Å²) >= 11 is 0. The molecule has 0 aliphatic heterocycles. The maximum absolute atomic E-state index is 3.66. The summed E-state index contributed by atoms with van der Waals surface area (Å²) in [6, 6.07) is 10.5. The van der Waals surface area contributed by atoms with Gasteiger partial charge in [-0.15, -0.1) is 0 Å². The zero-order chi connectivity index (χ0) is 11.0. The molecule has 0 heterocycles.